The SMILES string of the molecule is CCOC(=O)CCN(Cc1cnc(-c2ccccc2)[nH]1)Cc1ccco1. The van der Waals surface area contributed by atoms with Gasteiger partial charge in [0.25, 0.3) is 0 Å². The van der Waals surface area contributed by atoms with Gasteiger partial charge in [0.1, 0.15) is 11.6 Å². The molecule has 6 nitrogen and oxygen atoms in total. The van der Waals surface area contributed by atoms with Gasteiger partial charge in [-0.1, -0.05) is 30.3 Å². The molecule has 6 heteroatoms. The van der Waals surface area contributed by atoms with E-state index in [0.717, 1.165) is 22.8 Å². The van der Waals surface area contributed by atoms with Crippen molar-refractivity contribution in [2.75, 3.05) is 13.2 Å². The first-order valence-corrected chi connectivity index (χ1v) is 8.74. The maximum atomic E-state index is 11.7. The second-order valence-electron chi connectivity index (χ2n) is 5.97. The molecule has 2 heterocycles. The number of aromatic amines is 1. The summed E-state index contributed by atoms with van der Waals surface area (Å²) in [5.41, 5.74) is 2.03. The number of carbonyl (C=O) groups is 1. The Morgan fingerprint density at radius 2 is 2.04 bits per heavy atom. The second kappa shape index (κ2) is 9.01. The average molecular weight is 353 g/mol. The largest absolute Gasteiger partial charge is 0.468 e. The van der Waals surface area contributed by atoms with Gasteiger partial charge in [0.2, 0.25) is 0 Å². The van der Waals surface area contributed by atoms with Crippen LogP contribution < -0.4 is 0 Å². The minimum Gasteiger partial charge on any atom is -0.468 e. The normalized spacial score (nSPS) is 11.0. The van der Waals surface area contributed by atoms with Crippen LogP contribution in [0.4, 0.5) is 0 Å². The molecule has 26 heavy (non-hydrogen) atoms. The standard InChI is InChI=1S/C20H23N3O3/c1-2-25-19(24)10-11-23(15-18-9-6-12-26-18)14-17-13-21-20(22-17)16-7-4-3-5-8-16/h3-9,12-13H,2,10-11,14-15H2,1H3,(H,21,22). The summed E-state index contributed by atoms with van der Waals surface area (Å²) in [5.74, 6) is 1.51. The van der Waals surface area contributed by atoms with Crippen LogP contribution in [-0.4, -0.2) is 34.0 Å². The van der Waals surface area contributed by atoms with Crippen LogP contribution in [0.25, 0.3) is 11.4 Å². The summed E-state index contributed by atoms with van der Waals surface area (Å²) in [4.78, 5) is 21.7. The fraction of sp³-hybridized carbons (Fsp3) is 0.300. The smallest absolute Gasteiger partial charge is 0.307 e. The van der Waals surface area contributed by atoms with Gasteiger partial charge in [-0.15, -0.1) is 0 Å². The maximum absolute atomic E-state index is 11.7. The fourth-order valence-corrected chi connectivity index (χ4v) is 2.74. The summed E-state index contributed by atoms with van der Waals surface area (Å²) in [6.07, 6.45) is 3.83. The van der Waals surface area contributed by atoms with E-state index in [9.17, 15) is 4.79 Å². The van der Waals surface area contributed by atoms with Crippen molar-refractivity contribution in [1.82, 2.24) is 14.9 Å². The van der Waals surface area contributed by atoms with Crippen molar-refractivity contribution in [3.05, 3.63) is 66.4 Å². The van der Waals surface area contributed by atoms with Crippen LogP contribution in [0.5, 0.6) is 0 Å². The van der Waals surface area contributed by atoms with Crippen LogP contribution in [0.15, 0.2) is 59.3 Å². The molecule has 3 aromatic rings. The minimum atomic E-state index is -0.188. The van der Waals surface area contributed by atoms with Crippen molar-refractivity contribution in [1.29, 1.82) is 0 Å². The Morgan fingerprint density at radius 1 is 1.19 bits per heavy atom. The van der Waals surface area contributed by atoms with E-state index in [4.69, 9.17) is 9.15 Å². The monoisotopic (exact) mass is 353 g/mol. The molecule has 0 bridgehead atoms. The highest BCUT2D eigenvalue weighted by molar-refractivity contribution is 5.69. The molecule has 1 N–H and O–H groups in total. The molecule has 3 rings (SSSR count). The van der Waals surface area contributed by atoms with Gasteiger partial charge >= 0.3 is 5.97 Å². The highest BCUT2D eigenvalue weighted by Crippen LogP contribution is 2.16. The quantitative estimate of drug-likeness (QED) is 0.595. The molecule has 0 unspecified atom stereocenters. The molecule has 0 amide bonds. The predicted molar refractivity (Wildman–Crippen MR) is 98.1 cm³/mol. The Bertz CT molecular complexity index is 797. The Balaban J connectivity index is 1.66. The second-order valence-corrected chi connectivity index (χ2v) is 5.97. The number of furan rings is 1. The summed E-state index contributed by atoms with van der Waals surface area (Å²) in [6.45, 7) is 4.05. The Hall–Kier alpha value is -2.86. The van der Waals surface area contributed by atoms with Gasteiger partial charge < -0.3 is 14.1 Å². The maximum Gasteiger partial charge on any atom is 0.307 e. The average Bonchev–Trinajstić information content (AvgIpc) is 3.33. The number of benzene rings is 1. The van der Waals surface area contributed by atoms with Crippen LogP contribution in [0.1, 0.15) is 24.8 Å². The van der Waals surface area contributed by atoms with E-state index in [-0.39, 0.29) is 5.97 Å². The number of carbonyl (C=O) groups excluding carboxylic acids is 1. The molecule has 0 aliphatic rings. The molecule has 0 aliphatic carbocycles. The number of rotatable bonds is 9. The molecule has 0 saturated heterocycles. The lowest BCUT2D eigenvalue weighted by molar-refractivity contribution is -0.143. The van der Waals surface area contributed by atoms with E-state index in [2.05, 4.69) is 14.9 Å². The summed E-state index contributed by atoms with van der Waals surface area (Å²) < 4.78 is 10.5. The minimum absolute atomic E-state index is 0.188. The van der Waals surface area contributed by atoms with Crippen molar-refractivity contribution in [3.63, 3.8) is 0 Å². The molecule has 1 aromatic carbocycles. The van der Waals surface area contributed by atoms with Crippen molar-refractivity contribution in [2.24, 2.45) is 0 Å². The third kappa shape index (κ3) is 5.07. The van der Waals surface area contributed by atoms with Crippen molar-refractivity contribution in [2.45, 2.75) is 26.4 Å². The lowest BCUT2D eigenvalue weighted by Crippen LogP contribution is -2.26. The summed E-state index contributed by atoms with van der Waals surface area (Å²) >= 11 is 0. The summed E-state index contributed by atoms with van der Waals surface area (Å²) in [6, 6.07) is 13.8. The van der Waals surface area contributed by atoms with Crippen molar-refractivity contribution < 1.29 is 13.9 Å². The molecule has 2 aromatic heterocycles. The fourth-order valence-electron chi connectivity index (χ4n) is 2.74. The van der Waals surface area contributed by atoms with E-state index in [1.165, 1.54) is 0 Å². The number of ether oxygens (including phenoxy) is 1. The first-order valence-electron chi connectivity index (χ1n) is 8.74. The summed E-state index contributed by atoms with van der Waals surface area (Å²) in [7, 11) is 0. The molecule has 0 radical (unpaired) electrons. The molecular weight excluding hydrogens is 330 g/mol. The number of imidazole rings is 1. The topological polar surface area (TPSA) is 71.4 Å². The number of esters is 1. The molecule has 0 atom stereocenters. The Labute approximate surface area is 152 Å². The number of nitrogens with zero attached hydrogens (tertiary/aromatic N) is 2. The van der Waals surface area contributed by atoms with Gasteiger partial charge in [-0.3, -0.25) is 9.69 Å². The van der Waals surface area contributed by atoms with Crippen LogP contribution >= 0.6 is 0 Å². The number of nitrogens with one attached hydrogen (secondary N) is 1. The van der Waals surface area contributed by atoms with Gasteiger partial charge in [-0.05, 0) is 19.1 Å². The molecule has 0 saturated carbocycles. The van der Waals surface area contributed by atoms with Gasteiger partial charge in [-0.25, -0.2) is 4.98 Å². The summed E-state index contributed by atoms with van der Waals surface area (Å²) in [5, 5.41) is 0. The lowest BCUT2D eigenvalue weighted by atomic mass is 10.2. The van der Waals surface area contributed by atoms with Crippen LogP contribution in [-0.2, 0) is 22.6 Å². The zero-order valence-corrected chi connectivity index (χ0v) is 14.9. The zero-order valence-electron chi connectivity index (χ0n) is 14.9. The van der Waals surface area contributed by atoms with Gasteiger partial charge in [0.15, 0.2) is 0 Å². The number of aromatic nitrogens is 2. The number of H-pyrrole nitrogens is 1. The molecule has 0 spiro atoms. The molecular formula is C20H23N3O3. The van der Waals surface area contributed by atoms with Gasteiger partial charge in [-0.2, -0.15) is 0 Å². The molecule has 0 aliphatic heterocycles. The van der Waals surface area contributed by atoms with Crippen molar-refractivity contribution >= 4 is 5.97 Å². The number of hydrogen-bond acceptors (Lipinski definition) is 5. The Kier molecular flexibility index (Phi) is 6.22. The van der Waals surface area contributed by atoms with E-state index >= 15 is 0 Å². The predicted octanol–water partition coefficient (Wildman–Crippen LogP) is 3.63. The van der Waals surface area contributed by atoms with Crippen molar-refractivity contribution in [3.8, 4) is 11.4 Å². The van der Waals surface area contributed by atoms with Gasteiger partial charge in [0.05, 0.1) is 25.8 Å². The van der Waals surface area contributed by atoms with Crippen LogP contribution in [0, 0.1) is 0 Å². The Morgan fingerprint density at radius 3 is 2.77 bits per heavy atom. The first-order chi connectivity index (χ1) is 12.7. The lowest BCUT2D eigenvalue weighted by Gasteiger charge is -2.20. The van der Waals surface area contributed by atoms with E-state index in [1.54, 1.807) is 6.26 Å². The number of hydrogen-bond donors (Lipinski definition) is 1. The van der Waals surface area contributed by atoms with E-state index in [0.29, 0.717) is 32.7 Å². The van der Waals surface area contributed by atoms with Crippen LogP contribution in [0.3, 0.4) is 0 Å². The zero-order chi connectivity index (χ0) is 18.2. The van der Waals surface area contributed by atoms with E-state index in [1.807, 2.05) is 55.6 Å². The molecule has 0 fully saturated rings. The van der Waals surface area contributed by atoms with Crippen LogP contribution in [0.2, 0.25) is 0 Å². The highest BCUT2D eigenvalue weighted by atomic mass is 16.5. The highest BCUT2D eigenvalue weighted by Gasteiger charge is 2.13. The third-order valence-corrected chi connectivity index (χ3v) is 3.97. The van der Waals surface area contributed by atoms with E-state index < -0.39 is 0 Å². The third-order valence-electron chi connectivity index (χ3n) is 3.97. The van der Waals surface area contributed by atoms with Gasteiger partial charge in [0, 0.05) is 30.5 Å². The first kappa shape index (κ1) is 17.9. The molecule has 136 valence electrons.